The zero-order valence-corrected chi connectivity index (χ0v) is 11.7. The molecule has 0 fully saturated rings. The summed E-state index contributed by atoms with van der Waals surface area (Å²) >= 11 is 0. The molecule has 0 amide bonds. The first kappa shape index (κ1) is 14.5. The van der Waals surface area contributed by atoms with Gasteiger partial charge in [-0.1, -0.05) is 6.07 Å². The van der Waals surface area contributed by atoms with Crippen LogP contribution in [0, 0.1) is 25.5 Å². The second kappa shape index (κ2) is 5.59. The maximum absolute atomic E-state index is 14.1. The Kier molecular flexibility index (Phi) is 4.04. The quantitative estimate of drug-likeness (QED) is 0.929. The molecule has 20 heavy (non-hydrogen) atoms. The molecule has 2 aromatic carbocycles. The normalized spacial score (nSPS) is 12.3. The lowest BCUT2D eigenvalue weighted by Crippen LogP contribution is -2.16. The summed E-state index contributed by atoms with van der Waals surface area (Å²) in [5, 5.41) is 0. The number of rotatable bonds is 3. The lowest BCUT2D eigenvalue weighted by atomic mass is 9.91. The molecule has 4 heteroatoms. The van der Waals surface area contributed by atoms with Crippen LogP contribution in [0.25, 0.3) is 0 Å². The van der Waals surface area contributed by atoms with E-state index in [0.717, 1.165) is 5.56 Å². The number of ether oxygens (including phenoxy) is 1. The first-order chi connectivity index (χ1) is 9.43. The highest BCUT2D eigenvalue weighted by molar-refractivity contribution is 5.43. The summed E-state index contributed by atoms with van der Waals surface area (Å²) in [5.41, 5.74) is 8.69. The van der Waals surface area contributed by atoms with Crippen LogP contribution in [0.1, 0.15) is 28.3 Å². The van der Waals surface area contributed by atoms with Crippen molar-refractivity contribution < 1.29 is 13.5 Å². The van der Waals surface area contributed by atoms with Crippen molar-refractivity contribution in [3.63, 3.8) is 0 Å². The summed E-state index contributed by atoms with van der Waals surface area (Å²) in [5.74, 6) is -0.308. The Labute approximate surface area is 117 Å². The van der Waals surface area contributed by atoms with Crippen molar-refractivity contribution in [2.75, 3.05) is 7.11 Å². The smallest absolute Gasteiger partial charge is 0.132 e. The molecule has 0 radical (unpaired) electrons. The van der Waals surface area contributed by atoms with Crippen molar-refractivity contribution in [2.24, 2.45) is 5.73 Å². The molecule has 0 heterocycles. The summed E-state index contributed by atoms with van der Waals surface area (Å²) in [4.78, 5) is 0. The van der Waals surface area contributed by atoms with E-state index in [9.17, 15) is 8.78 Å². The largest absolute Gasteiger partial charge is 0.497 e. The van der Waals surface area contributed by atoms with Crippen LogP contribution in [-0.4, -0.2) is 7.11 Å². The predicted molar refractivity (Wildman–Crippen MR) is 74.9 cm³/mol. The van der Waals surface area contributed by atoms with Crippen LogP contribution >= 0.6 is 0 Å². The van der Waals surface area contributed by atoms with Gasteiger partial charge in [-0.2, -0.15) is 0 Å². The third-order valence-corrected chi connectivity index (χ3v) is 3.41. The minimum absolute atomic E-state index is 0.314. The fourth-order valence-electron chi connectivity index (χ4n) is 2.45. The van der Waals surface area contributed by atoms with Crippen molar-refractivity contribution in [3.05, 3.63) is 64.2 Å². The highest BCUT2D eigenvalue weighted by Gasteiger charge is 2.18. The maximum atomic E-state index is 14.1. The van der Waals surface area contributed by atoms with Crippen molar-refractivity contribution >= 4 is 0 Å². The maximum Gasteiger partial charge on any atom is 0.132 e. The fourth-order valence-corrected chi connectivity index (χ4v) is 2.45. The lowest BCUT2D eigenvalue weighted by molar-refractivity contribution is 0.410. The number of methoxy groups -OCH3 is 1. The molecule has 2 nitrogen and oxygen atoms in total. The number of hydrogen-bond donors (Lipinski definition) is 1. The molecule has 0 aliphatic heterocycles. The Balaban J connectivity index is 2.49. The Morgan fingerprint density at radius 1 is 1.05 bits per heavy atom. The van der Waals surface area contributed by atoms with Gasteiger partial charge in [0.2, 0.25) is 0 Å². The van der Waals surface area contributed by atoms with Gasteiger partial charge in [-0.05, 0) is 48.7 Å². The topological polar surface area (TPSA) is 35.2 Å². The van der Waals surface area contributed by atoms with Crippen molar-refractivity contribution in [3.8, 4) is 5.75 Å². The van der Waals surface area contributed by atoms with Crippen LogP contribution in [0.5, 0.6) is 5.75 Å². The van der Waals surface area contributed by atoms with Crippen LogP contribution in [0.15, 0.2) is 30.3 Å². The van der Waals surface area contributed by atoms with E-state index in [1.54, 1.807) is 26.0 Å². The van der Waals surface area contributed by atoms with Gasteiger partial charge in [0.25, 0.3) is 0 Å². The number of aryl methyl sites for hydroxylation is 2. The van der Waals surface area contributed by atoms with Crippen molar-refractivity contribution in [2.45, 2.75) is 19.9 Å². The summed E-state index contributed by atoms with van der Waals surface area (Å²) in [6.45, 7) is 3.54. The van der Waals surface area contributed by atoms with Crippen molar-refractivity contribution in [1.82, 2.24) is 0 Å². The minimum atomic E-state index is -0.637. The van der Waals surface area contributed by atoms with Gasteiger partial charge in [0.1, 0.15) is 17.4 Å². The summed E-state index contributed by atoms with van der Waals surface area (Å²) in [6.07, 6.45) is 0. The van der Waals surface area contributed by atoms with E-state index in [0.29, 0.717) is 22.4 Å². The van der Waals surface area contributed by atoms with E-state index in [1.165, 1.54) is 25.3 Å². The first-order valence-electron chi connectivity index (χ1n) is 6.29. The molecule has 2 N–H and O–H groups in total. The number of halogens is 2. The van der Waals surface area contributed by atoms with Gasteiger partial charge in [-0.3, -0.25) is 0 Å². The molecule has 1 unspecified atom stereocenters. The molecule has 0 aliphatic carbocycles. The Bertz CT molecular complexity index is 617. The molecule has 2 aromatic rings. The van der Waals surface area contributed by atoms with Gasteiger partial charge in [0.15, 0.2) is 0 Å². The zero-order valence-electron chi connectivity index (χ0n) is 11.7. The molecule has 0 aliphatic rings. The summed E-state index contributed by atoms with van der Waals surface area (Å²) in [6, 6.07) is 6.73. The number of hydrogen-bond acceptors (Lipinski definition) is 2. The van der Waals surface area contributed by atoms with E-state index < -0.39 is 11.9 Å². The molecular formula is C16H17F2NO. The van der Waals surface area contributed by atoms with Crippen LogP contribution < -0.4 is 10.5 Å². The van der Waals surface area contributed by atoms with Gasteiger partial charge in [0, 0.05) is 11.6 Å². The molecular weight excluding hydrogens is 260 g/mol. The fraction of sp³-hybridized carbons (Fsp3) is 0.250. The summed E-state index contributed by atoms with van der Waals surface area (Å²) < 4.78 is 32.4. The second-order valence-corrected chi connectivity index (χ2v) is 4.82. The third kappa shape index (κ3) is 2.65. The van der Waals surface area contributed by atoms with Crippen molar-refractivity contribution in [1.29, 1.82) is 0 Å². The zero-order chi connectivity index (χ0) is 14.9. The first-order valence-corrected chi connectivity index (χ1v) is 6.29. The van der Waals surface area contributed by atoms with Gasteiger partial charge in [-0.15, -0.1) is 0 Å². The third-order valence-electron chi connectivity index (χ3n) is 3.41. The molecule has 0 bridgehead atoms. The standard InChI is InChI=1S/C16H17F2NO/c1-9-6-11(17)7-10(2)15(9)16(19)13-5-4-12(20-3)8-14(13)18/h4-8,16H,19H2,1-3H3. The highest BCUT2D eigenvalue weighted by atomic mass is 19.1. The predicted octanol–water partition coefficient (Wildman–Crippen LogP) is 3.64. The van der Waals surface area contributed by atoms with Crippen LogP contribution in [0.3, 0.4) is 0 Å². The van der Waals surface area contributed by atoms with E-state index in [-0.39, 0.29) is 5.82 Å². The van der Waals surface area contributed by atoms with Crippen LogP contribution in [0.4, 0.5) is 8.78 Å². The molecule has 0 aromatic heterocycles. The molecule has 2 rings (SSSR count). The average Bonchev–Trinajstić information content (AvgIpc) is 2.37. The molecule has 0 saturated heterocycles. The number of nitrogens with two attached hydrogens (primary N) is 1. The minimum Gasteiger partial charge on any atom is -0.497 e. The SMILES string of the molecule is COc1ccc(C(N)c2c(C)cc(F)cc2C)c(F)c1. The Hall–Kier alpha value is -1.94. The molecule has 1 atom stereocenters. The van der Waals surface area contributed by atoms with Crippen LogP contribution in [-0.2, 0) is 0 Å². The van der Waals surface area contributed by atoms with Gasteiger partial charge < -0.3 is 10.5 Å². The van der Waals surface area contributed by atoms with Gasteiger partial charge in [0.05, 0.1) is 13.2 Å². The summed E-state index contributed by atoms with van der Waals surface area (Å²) in [7, 11) is 1.47. The number of benzene rings is 2. The van der Waals surface area contributed by atoms with Gasteiger partial charge >= 0.3 is 0 Å². The van der Waals surface area contributed by atoms with E-state index in [2.05, 4.69) is 0 Å². The second-order valence-electron chi connectivity index (χ2n) is 4.82. The van der Waals surface area contributed by atoms with Gasteiger partial charge in [-0.25, -0.2) is 8.78 Å². The molecule has 0 spiro atoms. The van der Waals surface area contributed by atoms with E-state index in [4.69, 9.17) is 10.5 Å². The Morgan fingerprint density at radius 2 is 1.65 bits per heavy atom. The monoisotopic (exact) mass is 277 g/mol. The van der Waals surface area contributed by atoms with Crippen LogP contribution in [0.2, 0.25) is 0 Å². The Morgan fingerprint density at radius 3 is 2.15 bits per heavy atom. The lowest BCUT2D eigenvalue weighted by Gasteiger charge is -2.19. The highest BCUT2D eigenvalue weighted by Crippen LogP contribution is 2.29. The van der Waals surface area contributed by atoms with E-state index >= 15 is 0 Å². The molecule has 106 valence electrons. The van der Waals surface area contributed by atoms with E-state index in [1.807, 2.05) is 0 Å². The average molecular weight is 277 g/mol. The molecule has 0 saturated carbocycles.